The van der Waals surface area contributed by atoms with E-state index in [1.807, 2.05) is 0 Å². The van der Waals surface area contributed by atoms with Crippen molar-refractivity contribution in [1.29, 1.82) is 0 Å². The smallest absolute Gasteiger partial charge is 0.269 e. The summed E-state index contributed by atoms with van der Waals surface area (Å²) >= 11 is 0. The highest BCUT2D eigenvalue weighted by Gasteiger charge is 2.24. The first kappa shape index (κ1) is 19.4. The number of hydrogen-bond donors (Lipinski definition) is 1. The van der Waals surface area contributed by atoms with Gasteiger partial charge in [0.15, 0.2) is 0 Å². The van der Waals surface area contributed by atoms with Gasteiger partial charge in [-0.2, -0.15) is 0 Å². The highest BCUT2D eigenvalue weighted by atomic mass is 32.2. The van der Waals surface area contributed by atoms with Crippen LogP contribution in [0.15, 0.2) is 59.9 Å². The fourth-order valence-corrected chi connectivity index (χ4v) is 4.40. The van der Waals surface area contributed by atoms with E-state index in [1.165, 1.54) is 24.5 Å². The van der Waals surface area contributed by atoms with Crippen molar-refractivity contribution in [1.82, 2.24) is 14.3 Å². The molecule has 148 valence electrons. The number of benzene rings is 1. The van der Waals surface area contributed by atoms with E-state index in [1.54, 1.807) is 37.5 Å². The third kappa shape index (κ3) is 4.09. The minimum Gasteiger partial charge on any atom is -0.316 e. The zero-order chi connectivity index (χ0) is 20.4. The van der Waals surface area contributed by atoms with Crippen LogP contribution in [-0.4, -0.2) is 24.4 Å². The minimum absolute atomic E-state index is 0.0179. The molecule has 0 bridgehead atoms. The minimum atomic E-state index is -3.99. The van der Waals surface area contributed by atoms with Crippen LogP contribution in [0.4, 0.5) is 4.39 Å². The lowest BCUT2D eigenvalue weighted by atomic mass is 10.1. The van der Waals surface area contributed by atoms with Gasteiger partial charge < -0.3 is 5.32 Å². The summed E-state index contributed by atoms with van der Waals surface area (Å²) in [5.74, 6) is 6.02. The molecule has 1 saturated carbocycles. The Hall–Kier alpha value is -2.95. The maximum atomic E-state index is 14.4. The fourth-order valence-electron chi connectivity index (χ4n) is 3.02. The quantitative estimate of drug-likeness (QED) is 0.656. The molecular formula is C22H20FN3O2S. The number of rotatable bonds is 5. The van der Waals surface area contributed by atoms with Gasteiger partial charge in [-0.05, 0) is 49.7 Å². The van der Waals surface area contributed by atoms with Crippen molar-refractivity contribution in [3.05, 3.63) is 71.9 Å². The molecule has 1 aliphatic carbocycles. The van der Waals surface area contributed by atoms with E-state index in [9.17, 15) is 12.8 Å². The van der Waals surface area contributed by atoms with E-state index in [2.05, 4.69) is 22.1 Å². The third-order valence-corrected chi connectivity index (χ3v) is 6.28. The Morgan fingerprint density at radius 2 is 2.03 bits per heavy atom. The Balaban J connectivity index is 1.82. The number of nitrogens with one attached hydrogen (secondary N) is 1. The standard InChI is InChI=1S/C22H20FN3O2S/c1-24-12-18-11-22(20-4-2-3-5-21(20)23)26(15-18)29(27,28)19-10-17(13-25-14-19)9-8-16-6-7-16/h2-5,10-11,13-16,24H,6-7,12H2,1H3. The van der Waals surface area contributed by atoms with E-state index >= 15 is 0 Å². The molecule has 0 atom stereocenters. The molecule has 0 unspecified atom stereocenters. The summed E-state index contributed by atoms with van der Waals surface area (Å²) in [6.07, 6.45) is 6.52. The molecule has 29 heavy (non-hydrogen) atoms. The summed E-state index contributed by atoms with van der Waals surface area (Å²) in [4.78, 5) is 4.07. The Morgan fingerprint density at radius 1 is 1.24 bits per heavy atom. The van der Waals surface area contributed by atoms with Crippen LogP contribution in [0, 0.1) is 23.6 Å². The second-order valence-electron chi connectivity index (χ2n) is 7.00. The monoisotopic (exact) mass is 409 g/mol. The summed E-state index contributed by atoms with van der Waals surface area (Å²) in [6, 6.07) is 9.32. The summed E-state index contributed by atoms with van der Waals surface area (Å²) in [5, 5.41) is 2.99. The lowest BCUT2D eigenvalue weighted by Gasteiger charge is -2.11. The van der Waals surface area contributed by atoms with Crippen LogP contribution in [0.5, 0.6) is 0 Å². The molecule has 2 heterocycles. The average Bonchev–Trinajstić information content (AvgIpc) is 3.45. The van der Waals surface area contributed by atoms with Crippen molar-refractivity contribution >= 4 is 10.0 Å². The molecule has 1 fully saturated rings. The first-order valence-electron chi connectivity index (χ1n) is 9.32. The lowest BCUT2D eigenvalue weighted by Crippen LogP contribution is -2.14. The SMILES string of the molecule is CNCc1cc(-c2ccccc2F)n(S(=O)(=O)c2cncc(C#CC3CC3)c2)c1. The molecule has 0 saturated heterocycles. The highest BCUT2D eigenvalue weighted by molar-refractivity contribution is 7.90. The predicted molar refractivity (Wildman–Crippen MR) is 109 cm³/mol. The zero-order valence-corrected chi connectivity index (χ0v) is 16.7. The lowest BCUT2D eigenvalue weighted by molar-refractivity contribution is 0.587. The van der Waals surface area contributed by atoms with Gasteiger partial charge >= 0.3 is 0 Å². The van der Waals surface area contributed by atoms with Gasteiger partial charge in [0.2, 0.25) is 0 Å². The summed E-state index contributed by atoms with van der Waals surface area (Å²) in [6.45, 7) is 0.453. The van der Waals surface area contributed by atoms with Crippen LogP contribution in [0.3, 0.4) is 0 Å². The van der Waals surface area contributed by atoms with Crippen LogP contribution in [0.2, 0.25) is 0 Å². The van der Waals surface area contributed by atoms with E-state index in [4.69, 9.17) is 0 Å². The molecule has 4 rings (SSSR count). The van der Waals surface area contributed by atoms with Gasteiger partial charge in [-0.3, -0.25) is 4.98 Å². The number of pyridine rings is 1. The van der Waals surface area contributed by atoms with Crippen molar-refractivity contribution in [3.8, 4) is 23.1 Å². The van der Waals surface area contributed by atoms with E-state index in [0.29, 0.717) is 18.0 Å². The van der Waals surface area contributed by atoms with E-state index in [0.717, 1.165) is 22.4 Å². The topological polar surface area (TPSA) is 64.0 Å². The fraction of sp³-hybridized carbons (Fsp3) is 0.227. The number of hydrogen-bond acceptors (Lipinski definition) is 4. The third-order valence-electron chi connectivity index (χ3n) is 4.64. The molecule has 3 aromatic rings. The van der Waals surface area contributed by atoms with Gasteiger partial charge in [-0.25, -0.2) is 16.8 Å². The Kier molecular flexibility index (Phi) is 5.22. The molecule has 2 aromatic heterocycles. The molecule has 0 amide bonds. The van der Waals surface area contributed by atoms with Crippen LogP contribution >= 0.6 is 0 Å². The molecule has 7 heteroatoms. The first-order chi connectivity index (χ1) is 14.0. The van der Waals surface area contributed by atoms with Crippen molar-refractivity contribution in [2.45, 2.75) is 24.3 Å². The van der Waals surface area contributed by atoms with Gasteiger partial charge in [0.05, 0.1) is 5.69 Å². The molecule has 5 nitrogen and oxygen atoms in total. The van der Waals surface area contributed by atoms with Gasteiger partial charge in [0.25, 0.3) is 10.0 Å². The summed E-state index contributed by atoms with van der Waals surface area (Å²) in [5.41, 5.74) is 1.76. The van der Waals surface area contributed by atoms with Crippen LogP contribution in [0.25, 0.3) is 11.3 Å². The van der Waals surface area contributed by atoms with Crippen molar-refractivity contribution in [3.63, 3.8) is 0 Å². The van der Waals surface area contributed by atoms with Crippen molar-refractivity contribution in [2.75, 3.05) is 7.05 Å². The van der Waals surface area contributed by atoms with Crippen LogP contribution in [-0.2, 0) is 16.6 Å². The molecule has 1 aromatic carbocycles. The molecular weight excluding hydrogens is 389 g/mol. The summed E-state index contributed by atoms with van der Waals surface area (Å²) < 4.78 is 42.3. The number of aromatic nitrogens is 2. The molecule has 1 aliphatic rings. The number of halogens is 1. The summed E-state index contributed by atoms with van der Waals surface area (Å²) in [7, 11) is -2.22. The van der Waals surface area contributed by atoms with Gasteiger partial charge in [0.1, 0.15) is 10.7 Å². The Bertz CT molecular complexity index is 1220. The van der Waals surface area contributed by atoms with Gasteiger partial charge in [-0.1, -0.05) is 24.0 Å². The first-order valence-corrected chi connectivity index (χ1v) is 10.8. The predicted octanol–water partition coefficient (Wildman–Crippen LogP) is 3.41. The highest BCUT2D eigenvalue weighted by Crippen LogP contribution is 2.29. The van der Waals surface area contributed by atoms with Gasteiger partial charge in [0, 0.05) is 42.2 Å². The molecule has 0 spiro atoms. The van der Waals surface area contributed by atoms with Crippen LogP contribution < -0.4 is 5.32 Å². The van der Waals surface area contributed by atoms with E-state index in [-0.39, 0.29) is 16.2 Å². The van der Waals surface area contributed by atoms with Gasteiger partial charge in [-0.15, -0.1) is 0 Å². The van der Waals surface area contributed by atoms with Crippen molar-refractivity contribution in [2.24, 2.45) is 5.92 Å². The van der Waals surface area contributed by atoms with E-state index < -0.39 is 15.8 Å². The normalized spacial score (nSPS) is 13.7. The van der Waals surface area contributed by atoms with Crippen LogP contribution in [0.1, 0.15) is 24.0 Å². The second-order valence-corrected chi connectivity index (χ2v) is 8.81. The Morgan fingerprint density at radius 3 is 2.76 bits per heavy atom. The molecule has 1 N–H and O–H groups in total. The average molecular weight is 409 g/mol. The largest absolute Gasteiger partial charge is 0.316 e. The maximum Gasteiger partial charge on any atom is 0.269 e. The molecule has 0 radical (unpaired) electrons. The maximum absolute atomic E-state index is 14.4. The number of nitrogens with zero attached hydrogens (tertiary/aromatic N) is 2. The second kappa shape index (κ2) is 7.82. The zero-order valence-electron chi connectivity index (χ0n) is 15.9. The van der Waals surface area contributed by atoms with Crippen molar-refractivity contribution < 1.29 is 12.8 Å². The Labute approximate surface area is 169 Å². The molecule has 0 aliphatic heterocycles.